The van der Waals surface area contributed by atoms with Gasteiger partial charge >= 0.3 is 0 Å². The molecule has 0 aliphatic carbocycles. The first kappa shape index (κ1) is 13.0. The molecule has 88 valence electrons. The van der Waals surface area contributed by atoms with Crippen molar-refractivity contribution in [1.82, 2.24) is 9.88 Å². The second kappa shape index (κ2) is 5.30. The molecular weight excluding hydrogens is 270 g/mol. The highest BCUT2D eigenvalue weighted by Crippen LogP contribution is 2.17. The van der Waals surface area contributed by atoms with Crippen molar-refractivity contribution in [3.63, 3.8) is 0 Å². The van der Waals surface area contributed by atoms with Gasteiger partial charge in [0.15, 0.2) is 0 Å². The Morgan fingerprint density at radius 2 is 2.19 bits per heavy atom. The normalized spacial score (nSPS) is 11.4. The van der Waals surface area contributed by atoms with Crippen molar-refractivity contribution in [3.05, 3.63) is 26.6 Å². The second-order valence-electron chi connectivity index (χ2n) is 3.96. The Labute approximate surface area is 104 Å². The SMILES string of the molecule is Cc1[nH]c(=O)c(Br)cc1N=CN(C)C(C)C. The Bertz CT molecular complexity index is 451. The van der Waals surface area contributed by atoms with E-state index in [1.807, 2.05) is 18.9 Å². The molecule has 0 amide bonds. The van der Waals surface area contributed by atoms with Crippen LogP contribution < -0.4 is 5.56 Å². The summed E-state index contributed by atoms with van der Waals surface area (Å²) in [4.78, 5) is 20.3. The molecule has 0 unspecified atom stereocenters. The molecule has 5 heteroatoms. The fraction of sp³-hybridized carbons (Fsp3) is 0.455. The number of aromatic amines is 1. The zero-order valence-electron chi connectivity index (χ0n) is 9.91. The number of hydrogen-bond donors (Lipinski definition) is 1. The minimum Gasteiger partial charge on any atom is -0.363 e. The van der Waals surface area contributed by atoms with E-state index < -0.39 is 0 Å². The number of aryl methyl sites for hydroxylation is 1. The molecule has 1 heterocycles. The monoisotopic (exact) mass is 285 g/mol. The highest BCUT2D eigenvalue weighted by molar-refractivity contribution is 9.10. The molecular formula is C11H16BrN3O. The van der Waals surface area contributed by atoms with E-state index in [2.05, 4.69) is 39.8 Å². The molecule has 1 N–H and O–H groups in total. The molecule has 0 saturated heterocycles. The fourth-order valence-electron chi connectivity index (χ4n) is 1.01. The van der Waals surface area contributed by atoms with Gasteiger partial charge in [0.25, 0.3) is 5.56 Å². The van der Waals surface area contributed by atoms with Crippen LogP contribution in [0.2, 0.25) is 0 Å². The van der Waals surface area contributed by atoms with Gasteiger partial charge in [-0.05, 0) is 42.8 Å². The van der Waals surface area contributed by atoms with E-state index in [1.165, 1.54) is 0 Å². The van der Waals surface area contributed by atoms with Gasteiger partial charge in [0, 0.05) is 18.8 Å². The molecule has 0 aliphatic rings. The first-order valence-corrected chi connectivity index (χ1v) is 5.86. The smallest absolute Gasteiger partial charge is 0.262 e. The van der Waals surface area contributed by atoms with E-state index in [9.17, 15) is 4.79 Å². The van der Waals surface area contributed by atoms with Gasteiger partial charge in [-0.25, -0.2) is 4.99 Å². The van der Waals surface area contributed by atoms with Crippen molar-refractivity contribution in [3.8, 4) is 0 Å². The predicted molar refractivity (Wildman–Crippen MR) is 70.6 cm³/mol. The van der Waals surface area contributed by atoms with Gasteiger partial charge in [-0.2, -0.15) is 0 Å². The van der Waals surface area contributed by atoms with Gasteiger partial charge in [0.2, 0.25) is 0 Å². The van der Waals surface area contributed by atoms with Crippen LogP contribution in [-0.2, 0) is 0 Å². The quantitative estimate of drug-likeness (QED) is 0.685. The summed E-state index contributed by atoms with van der Waals surface area (Å²) in [6.07, 6.45) is 1.76. The lowest BCUT2D eigenvalue weighted by Gasteiger charge is -2.17. The number of pyridine rings is 1. The van der Waals surface area contributed by atoms with E-state index in [0.717, 1.165) is 11.4 Å². The molecule has 0 bridgehead atoms. The maximum atomic E-state index is 11.3. The number of rotatable bonds is 3. The molecule has 0 aromatic carbocycles. The first-order chi connectivity index (χ1) is 7.41. The average Bonchev–Trinajstić information content (AvgIpc) is 2.20. The number of nitrogens with zero attached hydrogens (tertiary/aromatic N) is 2. The van der Waals surface area contributed by atoms with Gasteiger partial charge in [-0.3, -0.25) is 4.79 Å². The third-order valence-corrected chi connectivity index (χ3v) is 2.95. The summed E-state index contributed by atoms with van der Waals surface area (Å²) in [6, 6.07) is 2.12. The number of aliphatic imine (C=N–C) groups is 1. The van der Waals surface area contributed by atoms with Crippen LogP contribution in [0.15, 0.2) is 20.3 Å². The zero-order chi connectivity index (χ0) is 12.3. The lowest BCUT2D eigenvalue weighted by atomic mass is 10.3. The van der Waals surface area contributed by atoms with Crippen LogP contribution in [0.3, 0.4) is 0 Å². The maximum Gasteiger partial charge on any atom is 0.262 e. The Balaban J connectivity index is 2.98. The molecule has 0 radical (unpaired) electrons. The van der Waals surface area contributed by atoms with Crippen LogP contribution in [0.5, 0.6) is 0 Å². The largest absolute Gasteiger partial charge is 0.363 e. The molecule has 1 aromatic heterocycles. The molecule has 0 aliphatic heterocycles. The van der Waals surface area contributed by atoms with Crippen LogP contribution in [0.4, 0.5) is 5.69 Å². The lowest BCUT2D eigenvalue weighted by molar-refractivity contribution is 0.429. The van der Waals surface area contributed by atoms with Gasteiger partial charge in [0.1, 0.15) is 0 Å². The molecule has 0 fully saturated rings. The van der Waals surface area contributed by atoms with Gasteiger partial charge < -0.3 is 9.88 Å². The molecule has 4 nitrogen and oxygen atoms in total. The van der Waals surface area contributed by atoms with Crippen molar-refractivity contribution in [2.45, 2.75) is 26.8 Å². The van der Waals surface area contributed by atoms with Crippen LogP contribution >= 0.6 is 15.9 Å². The Hall–Kier alpha value is -1.10. The van der Waals surface area contributed by atoms with E-state index in [0.29, 0.717) is 10.5 Å². The molecule has 0 atom stereocenters. The summed E-state index contributed by atoms with van der Waals surface area (Å²) in [5.74, 6) is 0. The Morgan fingerprint density at radius 1 is 1.56 bits per heavy atom. The number of hydrogen-bond acceptors (Lipinski definition) is 2. The Morgan fingerprint density at radius 3 is 2.75 bits per heavy atom. The van der Waals surface area contributed by atoms with Crippen molar-refractivity contribution in [2.75, 3.05) is 7.05 Å². The van der Waals surface area contributed by atoms with E-state index in [1.54, 1.807) is 12.4 Å². The minimum atomic E-state index is -0.131. The molecule has 0 spiro atoms. The van der Waals surface area contributed by atoms with Gasteiger partial charge in [-0.1, -0.05) is 0 Å². The maximum absolute atomic E-state index is 11.3. The Kier molecular flexibility index (Phi) is 4.29. The third-order valence-electron chi connectivity index (χ3n) is 2.36. The summed E-state index contributed by atoms with van der Waals surface area (Å²) in [6.45, 7) is 6.00. The summed E-state index contributed by atoms with van der Waals surface area (Å²) in [5.41, 5.74) is 1.40. The van der Waals surface area contributed by atoms with E-state index in [-0.39, 0.29) is 5.56 Å². The summed E-state index contributed by atoms with van der Waals surface area (Å²) in [7, 11) is 1.96. The predicted octanol–water partition coefficient (Wildman–Crippen LogP) is 2.45. The number of nitrogens with one attached hydrogen (secondary N) is 1. The average molecular weight is 286 g/mol. The summed E-state index contributed by atoms with van der Waals surface area (Å²) < 4.78 is 0.498. The van der Waals surface area contributed by atoms with Crippen molar-refractivity contribution < 1.29 is 0 Å². The zero-order valence-corrected chi connectivity index (χ0v) is 11.5. The van der Waals surface area contributed by atoms with Crippen molar-refractivity contribution >= 4 is 28.0 Å². The lowest BCUT2D eigenvalue weighted by Crippen LogP contribution is -2.24. The van der Waals surface area contributed by atoms with Gasteiger partial charge in [-0.15, -0.1) is 0 Å². The third kappa shape index (κ3) is 3.20. The number of aromatic nitrogens is 1. The number of halogens is 1. The van der Waals surface area contributed by atoms with Gasteiger partial charge in [0.05, 0.1) is 16.5 Å². The minimum absolute atomic E-state index is 0.131. The topological polar surface area (TPSA) is 48.5 Å². The molecule has 0 saturated carbocycles. The summed E-state index contributed by atoms with van der Waals surface area (Å²) >= 11 is 3.18. The number of H-pyrrole nitrogens is 1. The fourth-order valence-corrected chi connectivity index (χ4v) is 1.32. The van der Waals surface area contributed by atoms with Crippen LogP contribution in [0.25, 0.3) is 0 Å². The molecule has 16 heavy (non-hydrogen) atoms. The molecule has 1 rings (SSSR count). The highest BCUT2D eigenvalue weighted by Gasteiger charge is 2.02. The summed E-state index contributed by atoms with van der Waals surface area (Å²) in [5, 5.41) is 0. The highest BCUT2D eigenvalue weighted by atomic mass is 79.9. The van der Waals surface area contributed by atoms with Crippen LogP contribution in [0, 0.1) is 6.92 Å². The van der Waals surface area contributed by atoms with E-state index >= 15 is 0 Å². The van der Waals surface area contributed by atoms with Crippen molar-refractivity contribution in [1.29, 1.82) is 0 Å². The van der Waals surface area contributed by atoms with E-state index in [4.69, 9.17) is 0 Å². The van der Waals surface area contributed by atoms with Crippen LogP contribution in [0.1, 0.15) is 19.5 Å². The van der Waals surface area contributed by atoms with Crippen LogP contribution in [-0.4, -0.2) is 29.3 Å². The first-order valence-electron chi connectivity index (χ1n) is 5.07. The molecule has 1 aromatic rings. The van der Waals surface area contributed by atoms with Crippen molar-refractivity contribution in [2.24, 2.45) is 4.99 Å². The standard InChI is InChI=1S/C11H16BrN3O/c1-7(2)15(4)6-13-10-5-9(12)11(16)14-8(10)3/h5-7H,1-4H3,(H,14,16). The second-order valence-corrected chi connectivity index (χ2v) is 4.81.